The molecule has 0 saturated heterocycles. The molecule has 42 heavy (non-hydrogen) atoms. The van der Waals surface area contributed by atoms with Gasteiger partial charge in [-0.2, -0.15) is 0 Å². The number of amides is 3. The summed E-state index contributed by atoms with van der Waals surface area (Å²) in [6.07, 6.45) is 4.66. The van der Waals surface area contributed by atoms with Crippen LogP contribution in [0.2, 0.25) is 0 Å². The molecule has 8 N–H and O–H groups in total. The highest BCUT2D eigenvalue weighted by Crippen LogP contribution is 2.07. The largest absolute Gasteiger partial charge is 0.383 e. The lowest BCUT2D eigenvalue weighted by Gasteiger charge is -2.32. The van der Waals surface area contributed by atoms with Gasteiger partial charge in [-0.25, -0.2) is 0 Å². The van der Waals surface area contributed by atoms with Crippen LogP contribution < -0.4 is 26.6 Å². The van der Waals surface area contributed by atoms with Gasteiger partial charge < -0.3 is 36.0 Å². The molecule has 3 unspecified atom stereocenters. The second-order valence-corrected chi connectivity index (χ2v) is 11.2. The molecule has 15 heteroatoms. The number of aliphatic hydroxyl groups is 3. The highest BCUT2D eigenvalue weighted by Gasteiger charge is 2.22. The van der Waals surface area contributed by atoms with Crippen molar-refractivity contribution in [1.82, 2.24) is 31.5 Å². The first kappa shape index (κ1) is 41.1. The fraction of sp³-hybridized carbons (Fsp3) is 0.889. The van der Waals surface area contributed by atoms with Gasteiger partial charge in [0, 0.05) is 46.3 Å². The predicted octanol–water partition coefficient (Wildman–Crippen LogP) is 0.109. The molecule has 3 atom stereocenters. The standard InChI is InChI=1S/C27H54Br2N6O7/c1-42-17-16-34-22(36)10-11-27(41)35(20-25(39)32-14-8-4-2-6-12-30-23(37)18-28)21-26(40)33-15-9-5-3-7-13-31-24(38)19-29/h25-27,32-33,39-41H,2-21H2,1H3,(H,30,37)(H,31,38)(H,34,36). The molecule has 0 aliphatic carbocycles. The predicted molar refractivity (Wildman–Crippen MR) is 170 cm³/mol. The molecule has 0 spiro atoms. The maximum absolute atomic E-state index is 12.1. The fourth-order valence-corrected chi connectivity index (χ4v) is 4.41. The molecule has 0 bridgehead atoms. The molecule has 0 fully saturated rings. The summed E-state index contributed by atoms with van der Waals surface area (Å²) in [5.41, 5.74) is 0. The van der Waals surface area contributed by atoms with Crippen molar-refractivity contribution in [1.29, 1.82) is 0 Å². The van der Waals surface area contributed by atoms with E-state index in [0.29, 0.717) is 50.0 Å². The van der Waals surface area contributed by atoms with Crippen LogP contribution in [-0.2, 0) is 19.1 Å². The van der Waals surface area contributed by atoms with E-state index < -0.39 is 18.7 Å². The quantitative estimate of drug-likeness (QED) is 0.0298. The Hall–Kier alpha value is -0.910. The maximum Gasteiger partial charge on any atom is 0.230 e. The number of unbranched alkanes of at least 4 members (excludes halogenated alkanes) is 6. The minimum absolute atomic E-state index is 0.0251. The number of alkyl halides is 2. The number of nitrogens with zero attached hydrogens (tertiary/aromatic N) is 1. The Kier molecular flexibility index (Phi) is 28.2. The highest BCUT2D eigenvalue weighted by atomic mass is 79.9. The number of ether oxygens (including phenoxy) is 1. The van der Waals surface area contributed by atoms with Crippen molar-refractivity contribution in [2.24, 2.45) is 0 Å². The molecular weight excluding hydrogens is 680 g/mol. The second kappa shape index (κ2) is 28.8. The van der Waals surface area contributed by atoms with Gasteiger partial charge in [0.1, 0.15) is 18.7 Å². The molecule has 0 aromatic heterocycles. The average molecular weight is 735 g/mol. The minimum Gasteiger partial charge on any atom is -0.383 e. The zero-order valence-electron chi connectivity index (χ0n) is 25.1. The van der Waals surface area contributed by atoms with E-state index in [4.69, 9.17) is 4.74 Å². The summed E-state index contributed by atoms with van der Waals surface area (Å²) in [6.45, 7) is 3.39. The van der Waals surface area contributed by atoms with Crippen LogP contribution in [-0.4, -0.2) is 127 Å². The first-order chi connectivity index (χ1) is 20.2. The van der Waals surface area contributed by atoms with E-state index in [0.717, 1.165) is 51.4 Å². The van der Waals surface area contributed by atoms with Crippen molar-refractivity contribution >= 4 is 49.6 Å². The molecule has 0 saturated carbocycles. The average Bonchev–Trinajstić information content (AvgIpc) is 2.97. The van der Waals surface area contributed by atoms with Gasteiger partial charge in [0.05, 0.1) is 17.3 Å². The van der Waals surface area contributed by atoms with E-state index in [1.807, 2.05) is 0 Å². The molecule has 3 amide bonds. The van der Waals surface area contributed by atoms with E-state index in [9.17, 15) is 29.7 Å². The SMILES string of the molecule is COCCNC(=O)CCC(O)N(CC(O)NCCCCCCNC(=O)CBr)CC(O)NCCCCCCNC(=O)CBr. The molecule has 13 nitrogen and oxygen atoms in total. The summed E-state index contributed by atoms with van der Waals surface area (Å²) in [4.78, 5) is 36.1. The Bertz CT molecular complexity index is 659. The van der Waals surface area contributed by atoms with E-state index in [1.54, 1.807) is 12.0 Å². The number of rotatable bonds is 29. The van der Waals surface area contributed by atoms with Crippen molar-refractivity contribution in [3.8, 4) is 0 Å². The molecular formula is C27H54Br2N6O7. The zero-order valence-corrected chi connectivity index (χ0v) is 28.2. The van der Waals surface area contributed by atoms with Crippen LogP contribution in [0.1, 0.15) is 64.2 Å². The van der Waals surface area contributed by atoms with Crippen molar-refractivity contribution in [3.63, 3.8) is 0 Å². The van der Waals surface area contributed by atoms with Crippen molar-refractivity contribution in [2.75, 3.05) is 70.2 Å². The Morgan fingerprint density at radius 1 is 0.667 bits per heavy atom. The van der Waals surface area contributed by atoms with E-state index >= 15 is 0 Å². The molecule has 0 aliphatic heterocycles. The Balaban J connectivity index is 4.50. The van der Waals surface area contributed by atoms with Gasteiger partial charge >= 0.3 is 0 Å². The van der Waals surface area contributed by atoms with E-state index in [2.05, 4.69) is 58.4 Å². The molecule has 0 aromatic rings. The smallest absolute Gasteiger partial charge is 0.230 e. The van der Waals surface area contributed by atoms with Crippen LogP contribution in [0.15, 0.2) is 0 Å². The summed E-state index contributed by atoms with van der Waals surface area (Å²) < 4.78 is 4.92. The van der Waals surface area contributed by atoms with Crippen LogP contribution >= 0.6 is 31.9 Å². The fourth-order valence-electron chi connectivity index (χ4n) is 4.01. The summed E-state index contributed by atoms with van der Waals surface area (Å²) in [7, 11) is 1.55. The molecule has 0 aromatic carbocycles. The number of carbonyl (C=O) groups is 3. The zero-order chi connectivity index (χ0) is 31.4. The molecule has 0 rings (SSSR count). The van der Waals surface area contributed by atoms with Gasteiger partial charge in [0.2, 0.25) is 17.7 Å². The number of hydrogen-bond donors (Lipinski definition) is 8. The Morgan fingerprint density at radius 3 is 1.52 bits per heavy atom. The second-order valence-electron chi connectivity index (χ2n) is 10.1. The molecule has 0 aliphatic rings. The molecule has 0 radical (unpaired) electrons. The minimum atomic E-state index is -1.03. The van der Waals surface area contributed by atoms with Gasteiger partial charge in [0.25, 0.3) is 0 Å². The van der Waals surface area contributed by atoms with Gasteiger partial charge in [-0.3, -0.25) is 29.9 Å². The van der Waals surface area contributed by atoms with Crippen LogP contribution in [0, 0.1) is 0 Å². The summed E-state index contributed by atoms with van der Waals surface area (Å²) in [5.74, 6) is -0.257. The number of methoxy groups -OCH3 is 1. The lowest BCUT2D eigenvalue weighted by Crippen LogP contribution is -2.51. The lowest BCUT2D eigenvalue weighted by atomic mass is 10.2. The number of carbonyl (C=O) groups excluding carboxylic acids is 3. The highest BCUT2D eigenvalue weighted by molar-refractivity contribution is 9.09. The summed E-state index contributed by atoms with van der Waals surface area (Å²) in [5, 5.41) is 47.0. The topological polar surface area (TPSA) is 185 Å². The van der Waals surface area contributed by atoms with E-state index in [-0.39, 0.29) is 43.7 Å². The summed E-state index contributed by atoms with van der Waals surface area (Å²) in [6, 6.07) is 0. The number of halogens is 2. The van der Waals surface area contributed by atoms with Crippen LogP contribution in [0.25, 0.3) is 0 Å². The third-order valence-corrected chi connectivity index (χ3v) is 7.37. The third-order valence-electron chi connectivity index (χ3n) is 6.35. The molecule has 0 heterocycles. The first-order valence-electron chi connectivity index (χ1n) is 14.9. The number of hydrogen-bond acceptors (Lipinski definition) is 10. The monoisotopic (exact) mass is 732 g/mol. The Morgan fingerprint density at radius 2 is 1.10 bits per heavy atom. The normalized spacial score (nSPS) is 13.5. The first-order valence-corrected chi connectivity index (χ1v) is 17.1. The number of aliphatic hydroxyl groups excluding tert-OH is 3. The van der Waals surface area contributed by atoms with Gasteiger partial charge in [-0.15, -0.1) is 0 Å². The summed E-state index contributed by atoms with van der Waals surface area (Å²) >= 11 is 6.22. The molecule has 248 valence electrons. The lowest BCUT2D eigenvalue weighted by molar-refractivity contribution is -0.123. The van der Waals surface area contributed by atoms with Crippen LogP contribution in [0.3, 0.4) is 0 Å². The Labute approximate surface area is 267 Å². The maximum atomic E-state index is 12.1. The van der Waals surface area contributed by atoms with Gasteiger partial charge in [0.15, 0.2) is 0 Å². The van der Waals surface area contributed by atoms with Crippen LogP contribution in [0.5, 0.6) is 0 Å². The number of nitrogens with one attached hydrogen (secondary N) is 5. The third kappa shape index (κ3) is 25.6. The van der Waals surface area contributed by atoms with Crippen LogP contribution in [0.4, 0.5) is 0 Å². The van der Waals surface area contributed by atoms with Crippen molar-refractivity contribution in [2.45, 2.75) is 82.9 Å². The van der Waals surface area contributed by atoms with Gasteiger partial charge in [-0.1, -0.05) is 57.5 Å². The van der Waals surface area contributed by atoms with E-state index in [1.165, 1.54) is 0 Å². The van der Waals surface area contributed by atoms with Crippen molar-refractivity contribution in [3.05, 3.63) is 0 Å². The van der Waals surface area contributed by atoms with Crippen molar-refractivity contribution < 1.29 is 34.4 Å². The van der Waals surface area contributed by atoms with Gasteiger partial charge in [-0.05, 0) is 45.2 Å².